The summed E-state index contributed by atoms with van der Waals surface area (Å²) in [7, 11) is 0. The monoisotopic (exact) mass is 390 g/mol. The van der Waals surface area contributed by atoms with Crippen molar-refractivity contribution in [3.05, 3.63) is 77.5 Å². The lowest BCUT2D eigenvalue weighted by Gasteiger charge is -2.41. The molecular formula is C24H30N4O. The molecule has 5 heteroatoms. The van der Waals surface area contributed by atoms with Gasteiger partial charge >= 0.3 is 0 Å². The molecule has 1 atom stereocenters. The molecule has 0 amide bonds. The summed E-state index contributed by atoms with van der Waals surface area (Å²) in [5, 5.41) is 17.1. The zero-order valence-corrected chi connectivity index (χ0v) is 17.1. The molecule has 1 aliphatic rings. The molecule has 1 aromatic heterocycles. The van der Waals surface area contributed by atoms with E-state index >= 15 is 0 Å². The third kappa shape index (κ3) is 4.75. The number of aliphatic hydroxyl groups excluding tert-OH is 1. The second-order valence-electron chi connectivity index (χ2n) is 7.93. The highest BCUT2D eigenvalue weighted by Gasteiger charge is 2.27. The molecule has 4 rings (SSSR count). The van der Waals surface area contributed by atoms with E-state index in [1.54, 1.807) is 0 Å². The molecule has 2 heterocycles. The predicted octanol–water partition coefficient (Wildman–Crippen LogP) is 3.45. The Morgan fingerprint density at radius 3 is 2.59 bits per heavy atom. The number of benzene rings is 2. The van der Waals surface area contributed by atoms with Crippen LogP contribution >= 0.6 is 0 Å². The fourth-order valence-corrected chi connectivity index (χ4v) is 4.26. The van der Waals surface area contributed by atoms with Crippen LogP contribution in [-0.4, -0.2) is 57.4 Å². The summed E-state index contributed by atoms with van der Waals surface area (Å²) in [6.45, 7) is 7.23. The highest BCUT2D eigenvalue weighted by molar-refractivity contribution is 5.62. The van der Waals surface area contributed by atoms with Gasteiger partial charge in [0, 0.05) is 50.9 Å². The second-order valence-corrected chi connectivity index (χ2v) is 7.93. The van der Waals surface area contributed by atoms with Crippen molar-refractivity contribution in [2.45, 2.75) is 32.5 Å². The second kappa shape index (κ2) is 9.35. The standard InChI is InChI=1S/C24H30N4O/c1-19-7-5-6-10-21(19)17-28-13-12-27(18-23(28)11-14-29)16-22-15-25-26-24(22)20-8-3-2-4-9-20/h2-10,15,23,29H,11-14,16-18H2,1H3,(H,25,26). The summed E-state index contributed by atoms with van der Waals surface area (Å²) < 4.78 is 0. The Hall–Kier alpha value is -2.47. The Bertz CT molecular complexity index is 908. The fourth-order valence-electron chi connectivity index (χ4n) is 4.26. The summed E-state index contributed by atoms with van der Waals surface area (Å²) in [4.78, 5) is 5.02. The van der Waals surface area contributed by atoms with E-state index in [4.69, 9.17) is 0 Å². The Morgan fingerprint density at radius 2 is 1.79 bits per heavy atom. The molecule has 1 fully saturated rings. The van der Waals surface area contributed by atoms with Crippen molar-refractivity contribution in [2.24, 2.45) is 0 Å². The van der Waals surface area contributed by atoms with Gasteiger partial charge in [-0.25, -0.2) is 0 Å². The van der Waals surface area contributed by atoms with Crippen LogP contribution in [-0.2, 0) is 13.1 Å². The maximum absolute atomic E-state index is 9.63. The van der Waals surface area contributed by atoms with Crippen molar-refractivity contribution in [1.82, 2.24) is 20.0 Å². The third-order valence-electron chi connectivity index (χ3n) is 5.96. The quantitative estimate of drug-likeness (QED) is 0.649. The number of aromatic nitrogens is 2. The minimum absolute atomic E-state index is 0.226. The van der Waals surface area contributed by atoms with E-state index in [-0.39, 0.29) is 6.61 Å². The molecule has 2 aromatic carbocycles. The highest BCUT2D eigenvalue weighted by atomic mass is 16.3. The number of nitrogens with zero attached hydrogens (tertiary/aromatic N) is 3. The number of H-pyrrole nitrogens is 1. The zero-order chi connectivity index (χ0) is 20.1. The van der Waals surface area contributed by atoms with Gasteiger partial charge in [-0.1, -0.05) is 54.6 Å². The first-order valence-electron chi connectivity index (χ1n) is 10.4. The van der Waals surface area contributed by atoms with Crippen molar-refractivity contribution < 1.29 is 5.11 Å². The van der Waals surface area contributed by atoms with Crippen LogP contribution in [0, 0.1) is 6.92 Å². The van der Waals surface area contributed by atoms with E-state index in [9.17, 15) is 5.11 Å². The molecule has 5 nitrogen and oxygen atoms in total. The maximum Gasteiger partial charge on any atom is 0.0695 e. The van der Waals surface area contributed by atoms with Crippen molar-refractivity contribution in [3.8, 4) is 11.3 Å². The van der Waals surface area contributed by atoms with Crippen LogP contribution in [0.4, 0.5) is 0 Å². The Kier molecular flexibility index (Phi) is 6.39. The average molecular weight is 391 g/mol. The summed E-state index contributed by atoms with van der Waals surface area (Å²) in [5.41, 5.74) is 6.22. The van der Waals surface area contributed by atoms with Crippen LogP contribution in [0.1, 0.15) is 23.1 Å². The van der Waals surface area contributed by atoms with Crippen LogP contribution in [0.2, 0.25) is 0 Å². The van der Waals surface area contributed by atoms with Crippen LogP contribution in [0.25, 0.3) is 11.3 Å². The molecule has 29 heavy (non-hydrogen) atoms. The summed E-state index contributed by atoms with van der Waals surface area (Å²) in [6, 6.07) is 19.3. The minimum Gasteiger partial charge on any atom is -0.396 e. The first-order valence-corrected chi connectivity index (χ1v) is 10.4. The van der Waals surface area contributed by atoms with E-state index in [1.165, 1.54) is 22.3 Å². The molecule has 0 aliphatic carbocycles. The van der Waals surface area contributed by atoms with Crippen LogP contribution in [0.5, 0.6) is 0 Å². The largest absolute Gasteiger partial charge is 0.396 e. The summed E-state index contributed by atoms with van der Waals surface area (Å²) in [5.74, 6) is 0. The van der Waals surface area contributed by atoms with Gasteiger partial charge in [-0.15, -0.1) is 0 Å². The van der Waals surface area contributed by atoms with Crippen molar-refractivity contribution >= 4 is 0 Å². The summed E-state index contributed by atoms with van der Waals surface area (Å²) in [6.07, 6.45) is 2.75. The minimum atomic E-state index is 0.226. The van der Waals surface area contributed by atoms with Crippen LogP contribution < -0.4 is 0 Å². The lowest BCUT2D eigenvalue weighted by atomic mass is 10.0. The third-order valence-corrected chi connectivity index (χ3v) is 5.96. The smallest absolute Gasteiger partial charge is 0.0695 e. The molecule has 3 aromatic rings. The van der Waals surface area contributed by atoms with Gasteiger partial charge in [-0.3, -0.25) is 14.9 Å². The molecule has 0 bridgehead atoms. The SMILES string of the molecule is Cc1ccccc1CN1CCN(Cc2cn[nH]c2-c2ccccc2)CC1CCO. The van der Waals surface area contributed by atoms with E-state index in [2.05, 4.69) is 75.5 Å². The molecular weight excluding hydrogens is 360 g/mol. The zero-order valence-electron chi connectivity index (χ0n) is 17.1. The van der Waals surface area contributed by atoms with Crippen molar-refractivity contribution in [3.63, 3.8) is 0 Å². The number of aryl methyl sites for hydroxylation is 1. The van der Waals surface area contributed by atoms with E-state index in [1.807, 2.05) is 12.3 Å². The lowest BCUT2D eigenvalue weighted by Crippen LogP contribution is -2.52. The molecule has 2 N–H and O–H groups in total. The van der Waals surface area contributed by atoms with Gasteiger partial charge in [0.1, 0.15) is 0 Å². The van der Waals surface area contributed by atoms with Crippen molar-refractivity contribution in [1.29, 1.82) is 0 Å². The van der Waals surface area contributed by atoms with Gasteiger partial charge in [0.05, 0.1) is 11.9 Å². The first-order chi connectivity index (χ1) is 14.2. The number of nitrogens with one attached hydrogen (secondary N) is 1. The predicted molar refractivity (Wildman–Crippen MR) is 116 cm³/mol. The Balaban J connectivity index is 1.44. The number of piperazine rings is 1. The topological polar surface area (TPSA) is 55.4 Å². The number of hydrogen-bond donors (Lipinski definition) is 2. The molecule has 1 saturated heterocycles. The van der Waals surface area contributed by atoms with Gasteiger partial charge in [-0.2, -0.15) is 5.10 Å². The van der Waals surface area contributed by atoms with Gasteiger partial charge in [-0.05, 0) is 30.0 Å². The number of aromatic amines is 1. The van der Waals surface area contributed by atoms with Gasteiger partial charge in [0.2, 0.25) is 0 Å². The molecule has 152 valence electrons. The van der Waals surface area contributed by atoms with E-state index in [0.29, 0.717) is 6.04 Å². The molecule has 0 saturated carbocycles. The van der Waals surface area contributed by atoms with Gasteiger partial charge < -0.3 is 5.11 Å². The number of hydrogen-bond acceptors (Lipinski definition) is 4. The van der Waals surface area contributed by atoms with E-state index in [0.717, 1.165) is 44.8 Å². The lowest BCUT2D eigenvalue weighted by molar-refractivity contribution is 0.0499. The number of aliphatic hydroxyl groups is 1. The van der Waals surface area contributed by atoms with Crippen LogP contribution in [0.3, 0.4) is 0 Å². The molecule has 1 unspecified atom stereocenters. The van der Waals surface area contributed by atoms with Crippen LogP contribution in [0.15, 0.2) is 60.8 Å². The number of rotatable bonds is 7. The first kappa shape index (κ1) is 19.8. The fraction of sp³-hybridized carbons (Fsp3) is 0.375. The van der Waals surface area contributed by atoms with Gasteiger partial charge in [0.25, 0.3) is 0 Å². The molecule has 0 radical (unpaired) electrons. The normalized spacial score (nSPS) is 18.2. The highest BCUT2D eigenvalue weighted by Crippen LogP contribution is 2.24. The average Bonchev–Trinajstić information content (AvgIpc) is 3.20. The summed E-state index contributed by atoms with van der Waals surface area (Å²) >= 11 is 0. The van der Waals surface area contributed by atoms with Crippen molar-refractivity contribution in [2.75, 3.05) is 26.2 Å². The maximum atomic E-state index is 9.63. The molecule has 0 spiro atoms. The molecule has 1 aliphatic heterocycles. The Morgan fingerprint density at radius 1 is 1.00 bits per heavy atom. The Labute approximate surface area is 173 Å². The van der Waals surface area contributed by atoms with Gasteiger partial charge in [0.15, 0.2) is 0 Å². The van der Waals surface area contributed by atoms with E-state index < -0.39 is 0 Å².